The average Bonchev–Trinajstić information content (AvgIpc) is 2.17. The van der Waals surface area contributed by atoms with Crippen LogP contribution in [0.2, 0.25) is 0 Å². The van der Waals surface area contributed by atoms with E-state index < -0.39 is 10.0 Å². The zero-order valence-corrected chi connectivity index (χ0v) is 10.3. The Morgan fingerprint density at radius 3 is 2.73 bits per heavy atom. The fourth-order valence-electron chi connectivity index (χ4n) is 2.07. The molecule has 1 aliphatic heterocycles. The van der Waals surface area contributed by atoms with Crippen LogP contribution in [-0.4, -0.2) is 43.3 Å². The SMILES string of the molecule is CCC(O)CC1CCCN(S(C)(=O)=O)C1. The molecular formula is C10H21NO3S. The van der Waals surface area contributed by atoms with E-state index >= 15 is 0 Å². The monoisotopic (exact) mass is 235 g/mol. The summed E-state index contributed by atoms with van der Waals surface area (Å²) in [4.78, 5) is 0. The molecule has 2 atom stereocenters. The second kappa shape index (κ2) is 5.27. The lowest BCUT2D eigenvalue weighted by Crippen LogP contribution is -2.40. The van der Waals surface area contributed by atoms with Crippen molar-refractivity contribution in [3.63, 3.8) is 0 Å². The van der Waals surface area contributed by atoms with Crippen LogP contribution in [0.15, 0.2) is 0 Å². The summed E-state index contributed by atoms with van der Waals surface area (Å²) in [7, 11) is -3.05. The summed E-state index contributed by atoms with van der Waals surface area (Å²) in [5, 5.41) is 9.53. The van der Waals surface area contributed by atoms with Crippen LogP contribution >= 0.6 is 0 Å². The highest BCUT2D eigenvalue weighted by atomic mass is 32.2. The molecule has 2 unspecified atom stereocenters. The number of piperidine rings is 1. The number of hydrogen-bond acceptors (Lipinski definition) is 3. The zero-order chi connectivity index (χ0) is 11.5. The lowest BCUT2D eigenvalue weighted by atomic mass is 9.93. The summed E-state index contributed by atoms with van der Waals surface area (Å²) in [6, 6.07) is 0. The van der Waals surface area contributed by atoms with Crippen molar-refractivity contribution in [3.8, 4) is 0 Å². The van der Waals surface area contributed by atoms with E-state index in [1.165, 1.54) is 10.6 Å². The molecule has 0 aromatic carbocycles. The van der Waals surface area contributed by atoms with Gasteiger partial charge in [-0.15, -0.1) is 0 Å². The highest BCUT2D eigenvalue weighted by molar-refractivity contribution is 7.88. The fourth-order valence-corrected chi connectivity index (χ4v) is 3.01. The van der Waals surface area contributed by atoms with Crippen LogP contribution in [0.5, 0.6) is 0 Å². The number of nitrogens with zero attached hydrogens (tertiary/aromatic N) is 1. The second-order valence-electron chi connectivity index (χ2n) is 4.43. The maximum Gasteiger partial charge on any atom is 0.211 e. The predicted molar refractivity (Wildman–Crippen MR) is 60.1 cm³/mol. The Morgan fingerprint density at radius 2 is 2.20 bits per heavy atom. The molecule has 4 nitrogen and oxygen atoms in total. The van der Waals surface area contributed by atoms with Crippen molar-refractivity contribution in [2.45, 2.75) is 38.7 Å². The highest BCUT2D eigenvalue weighted by Gasteiger charge is 2.26. The number of hydrogen-bond donors (Lipinski definition) is 1. The maximum atomic E-state index is 11.4. The third-order valence-electron chi connectivity index (χ3n) is 3.03. The summed E-state index contributed by atoms with van der Waals surface area (Å²) in [5.74, 6) is 0.323. The van der Waals surface area contributed by atoms with Crippen LogP contribution in [0.25, 0.3) is 0 Å². The van der Waals surface area contributed by atoms with Gasteiger partial charge in [-0.05, 0) is 31.6 Å². The van der Waals surface area contributed by atoms with Crippen LogP contribution in [0.3, 0.4) is 0 Å². The van der Waals surface area contributed by atoms with Gasteiger partial charge in [0.25, 0.3) is 0 Å². The molecule has 5 heteroatoms. The largest absolute Gasteiger partial charge is 0.393 e. The van der Waals surface area contributed by atoms with E-state index in [-0.39, 0.29) is 6.10 Å². The molecule has 0 amide bonds. The van der Waals surface area contributed by atoms with Gasteiger partial charge in [0.05, 0.1) is 12.4 Å². The number of sulfonamides is 1. The Kier molecular flexibility index (Phi) is 4.55. The van der Waals surface area contributed by atoms with Crippen LogP contribution in [0.4, 0.5) is 0 Å². The Bertz CT molecular complexity index is 289. The molecule has 1 saturated heterocycles. The lowest BCUT2D eigenvalue weighted by Gasteiger charge is -2.31. The molecule has 1 heterocycles. The normalized spacial score (nSPS) is 26.5. The molecule has 0 saturated carbocycles. The number of aliphatic hydroxyl groups excluding tert-OH is 1. The van der Waals surface area contributed by atoms with Crippen LogP contribution < -0.4 is 0 Å². The molecule has 0 aromatic rings. The van der Waals surface area contributed by atoms with Gasteiger partial charge < -0.3 is 5.11 Å². The van der Waals surface area contributed by atoms with Gasteiger partial charge in [0.15, 0.2) is 0 Å². The predicted octanol–water partition coefficient (Wildman–Crippen LogP) is 0.819. The van der Waals surface area contributed by atoms with Crippen molar-refractivity contribution >= 4 is 10.0 Å². The van der Waals surface area contributed by atoms with Gasteiger partial charge in [0.1, 0.15) is 0 Å². The first-order chi connectivity index (χ1) is 6.93. The van der Waals surface area contributed by atoms with Crippen molar-refractivity contribution in [2.75, 3.05) is 19.3 Å². The quantitative estimate of drug-likeness (QED) is 0.785. The van der Waals surface area contributed by atoms with Gasteiger partial charge in [0, 0.05) is 13.1 Å². The molecule has 15 heavy (non-hydrogen) atoms. The van der Waals surface area contributed by atoms with Gasteiger partial charge in [0.2, 0.25) is 10.0 Å². The minimum Gasteiger partial charge on any atom is -0.393 e. The van der Waals surface area contributed by atoms with Crippen molar-refractivity contribution < 1.29 is 13.5 Å². The van der Waals surface area contributed by atoms with E-state index in [2.05, 4.69) is 0 Å². The highest BCUT2D eigenvalue weighted by Crippen LogP contribution is 2.23. The Labute approximate surface area is 92.3 Å². The number of aliphatic hydroxyl groups is 1. The van der Waals surface area contributed by atoms with Crippen LogP contribution in [0.1, 0.15) is 32.6 Å². The first-order valence-electron chi connectivity index (χ1n) is 5.56. The van der Waals surface area contributed by atoms with E-state index in [1.807, 2.05) is 6.92 Å². The first-order valence-corrected chi connectivity index (χ1v) is 7.41. The van der Waals surface area contributed by atoms with E-state index in [0.717, 1.165) is 25.7 Å². The summed E-state index contributed by atoms with van der Waals surface area (Å²) in [5.41, 5.74) is 0. The molecule has 0 bridgehead atoms. The lowest BCUT2D eigenvalue weighted by molar-refractivity contribution is 0.118. The minimum absolute atomic E-state index is 0.283. The molecule has 0 radical (unpaired) electrons. The molecular weight excluding hydrogens is 214 g/mol. The van der Waals surface area contributed by atoms with Crippen LogP contribution in [0, 0.1) is 5.92 Å². The molecule has 0 aromatic heterocycles. The topological polar surface area (TPSA) is 57.6 Å². The molecule has 1 aliphatic rings. The van der Waals surface area contributed by atoms with Gasteiger partial charge in [-0.2, -0.15) is 0 Å². The average molecular weight is 235 g/mol. The summed E-state index contributed by atoms with van der Waals surface area (Å²) < 4.78 is 24.2. The van der Waals surface area contributed by atoms with Gasteiger partial charge in [-0.25, -0.2) is 12.7 Å². The first kappa shape index (κ1) is 12.9. The summed E-state index contributed by atoms with van der Waals surface area (Å²) >= 11 is 0. The second-order valence-corrected chi connectivity index (χ2v) is 6.41. The molecule has 1 N–H and O–H groups in total. The van der Waals surface area contributed by atoms with Crippen molar-refractivity contribution in [1.29, 1.82) is 0 Å². The van der Waals surface area contributed by atoms with Gasteiger partial charge in [-0.1, -0.05) is 6.92 Å². The van der Waals surface area contributed by atoms with Gasteiger partial charge in [-0.3, -0.25) is 0 Å². The zero-order valence-electron chi connectivity index (χ0n) is 9.52. The minimum atomic E-state index is -3.05. The van der Waals surface area contributed by atoms with E-state index in [0.29, 0.717) is 19.0 Å². The third-order valence-corrected chi connectivity index (χ3v) is 4.30. The van der Waals surface area contributed by atoms with Crippen LogP contribution in [-0.2, 0) is 10.0 Å². The Hall–Kier alpha value is -0.130. The maximum absolute atomic E-state index is 11.4. The van der Waals surface area contributed by atoms with Gasteiger partial charge >= 0.3 is 0 Å². The molecule has 0 aliphatic carbocycles. The van der Waals surface area contributed by atoms with Crippen molar-refractivity contribution in [1.82, 2.24) is 4.31 Å². The number of rotatable bonds is 4. The molecule has 1 fully saturated rings. The smallest absolute Gasteiger partial charge is 0.211 e. The standard InChI is InChI=1S/C10H21NO3S/c1-3-10(12)7-9-5-4-6-11(8-9)15(2,13)14/h9-10,12H,3-8H2,1-2H3. The Balaban J connectivity index is 2.49. The molecule has 90 valence electrons. The third kappa shape index (κ3) is 4.09. The molecule has 1 rings (SSSR count). The van der Waals surface area contributed by atoms with Crippen molar-refractivity contribution in [2.24, 2.45) is 5.92 Å². The van der Waals surface area contributed by atoms with Crippen molar-refractivity contribution in [3.05, 3.63) is 0 Å². The van der Waals surface area contributed by atoms with E-state index in [4.69, 9.17) is 0 Å². The van der Waals surface area contributed by atoms with E-state index in [9.17, 15) is 13.5 Å². The fraction of sp³-hybridized carbons (Fsp3) is 1.00. The summed E-state index contributed by atoms with van der Waals surface area (Å²) in [6.45, 7) is 3.16. The Morgan fingerprint density at radius 1 is 1.53 bits per heavy atom. The van der Waals surface area contributed by atoms with E-state index in [1.54, 1.807) is 0 Å². The molecule has 0 spiro atoms. The summed E-state index contributed by atoms with van der Waals surface area (Å²) in [6.07, 6.45) is 4.38.